The largest absolute Gasteiger partial charge is 0.329 e. The molecule has 29 heavy (non-hydrogen) atoms. The van der Waals surface area contributed by atoms with E-state index in [9.17, 15) is 23.2 Å². The number of hydrogen-bond acceptors (Lipinski definition) is 5. The van der Waals surface area contributed by atoms with Crippen LogP contribution < -0.4 is 11.2 Å². The molecular formula is C20H19F2N3O3S. The average molecular weight is 419 g/mol. The normalized spacial score (nSPS) is 15.8. The van der Waals surface area contributed by atoms with Crippen molar-refractivity contribution in [2.45, 2.75) is 44.6 Å². The van der Waals surface area contributed by atoms with Crippen molar-refractivity contribution in [3.8, 4) is 0 Å². The molecule has 0 radical (unpaired) electrons. The number of carbonyl (C=O) groups excluding carboxylic acids is 1. The third kappa shape index (κ3) is 4.05. The van der Waals surface area contributed by atoms with Crippen LogP contribution in [-0.4, -0.2) is 20.3 Å². The SMILES string of the molecule is O=C(Cc1ncc(F)s1)C(CC1CCCC1)n1c(=O)[nH]c2ccc(F)cc2c1=O. The summed E-state index contributed by atoms with van der Waals surface area (Å²) >= 11 is 0.763. The van der Waals surface area contributed by atoms with Crippen LogP contribution in [0.5, 0.6) is 0 Å². The van der Waals surface area contributed by atoms with Gasteiger partial charge >= 0.3 is 5.69 Å². The minimum absolute atomic E-state index is 0.00844. The smallest absolute Gasteiger partial charge is 0.307 e. The molecule has 9 heteroatoms. The summed E-state index contributed by atoms with van der Waals surface area (Å²) in [4.78, 5) is 45.2. The first-order valence-electron chi connectivity index (χ1n) is 9.49. The zero-order chi connectivity index (χ0) is 20.5. The van der Waals surface area contributed by atoms with Crippen molar-refractivity contribution < 1.29 is 13.6 Å². The quantitative estimate of drug-likeness (QED) is 0.664. The number of carbonyl (C=O) groups is 1. The summed E-state index contributed by atoms with van der Waals surface area (Å²) < 4.78 is 27.8. The number of rotatable bonds is 6. The van der Waals surface area contributed by atoms with E-state index in [1.165, 1.54) is 6.07 Å². The first-order valence-corrected chi connectivity index (χ1v) is 10.3. The lowest BCUT2D eigenvalue weighted by Crippen LogP contribution is -2.42. The third-order valence-electron chi connectivity index (χ3n) is 5.46. The fourth-order valence-corrected chi connectivity index (χ4v) is 4.71. The van der Waals surface area contributed by atoms with Gasteiger partial charge in [-0.1, -0.05) is 37.0 Å². The van der Waals surface area contributed by atoms with Crippen LogP contribution in [0.2, 0.25) is 0 Å². The molecule has 0 aliphatic heterocycles. The van der Waals surface area contributed by atoms with E-state index in [0.29, 0.717) is 11.4 Å². The molecule has 0 spiro atoms. The van der Waals surface area contributed by atoms with E-state index < -0.39 is 28.2 Å². The molecule has 0 bridgehead atoms. The molecule has 0 saturated heterocycles. The van der Waals surface area contributed by atoms with Crippen molar-refractivity contribution in [1.82, 2.24) is 14.5 Å². The fraction of sp³-hybridized carbons (Fsp3) is 0.400. The summed E-state index contributed by atoms with van der Waals surface area (Å²) in [5.74, 6) is -0.772. The molecule has 1 saturated carbocycles. The van der Waals surface area contributed by atoms with Gasteiger partial charge in [0.05, 0.1) is 23.5 Å². The summed E-state index contributed by atoms with van der Waals surface area (Å²) in [6, 6.07) is 2.52. The van der Waals surface area contributed by atoms with Gasteiger partial charge < -0.3 is 4.98 Å². The van der Waals surface area contributed by atoms with Crippen LogP contribution in [-0.2, 0) is 11.2 Å². The van der Waals surface area contributed by atoms with Crippen LogP contribution in [0, 0.1) is 16.9 Å². The molecule has 1 aromatic carbocycles. The van der Waals surface area contributed by atoms with E-state index >= 15 is 0 Å². The molecule has 6 nitrogen and oxygen atoms in total. The summed E-state index contributed by atoms with van der Waals surface area (Å²) in [5.41, 5.74) is -1.20. The highest BCUT2D eigenvalue weighted by Crippen LogP contribution is 2.32. The minimum Gasteiger partial charge on any atom is -0.307 e. The average Bonchev–Trinajstić information content (AvgIpc) is 3.33. The Bertz CT molecular complexity index is 1180. The van der Waals surface area contributed by atoms with E-state index in [1.807, 2.05) is 0 Å². The van der Waals surface area contributed by atoms with Gasteiger partial charge in [0.15, 0.2) is 10.9 Å². The Kier molecular flexibility index (Phi) is 5.40. The number of nitrogens with zero attached hydrogens (tertiary/aromatic N) is 2. The van der Waals surface area contributed by atoms with Gasteiger partial charge in [-0.15, -0.1) is 0 Å². The lowest BCUT2D eigenvalue weighted by Gasteiger charge is -2.21. The predicted molar refractivity (Wildman–Crippen MR) is 105 cm³/mol. The van der Waals surface area contributed by atoms with Crippen LogP contribution in [0.3, 0.4) is 0 Å². The molecular weight excluding hydrogens is 400 g/mol. The fourth-order valence-electron chi connectivity index (χ4n) is 4.06. The number of thiazole rings is 1. The number of H-pyrrole nitrogens is 1. The van der Waals surface area contributed by atoms with E-state index in [2.05, 4.69) is 9.97 Å². The minimum atomic E-state index is -1.01. The van der Waals surface area contributed by atoms with Crippen molar-refractivity contribution in [2.75, 3.05) is 0 Å². The molecule has 1 aliphatic carbocycles. The monoisotopic (exact) mass is 419 g/mol. The predicted octanol–water partition coefficient (Wildman–Crippen LogP) is 3.36. The first kappa shape index (κ1) is 19.6. The van der Waals surface area contributed by atoms with Crippen LogP contribution >= 0.6 is 11.3 Å². The van der Waals surface area contributed by atoms with Crippen LogP contribution in [0.25, 0.3) is 10.9 Å². The number of ketones is 1. The highest BCUT2D eigenvalue weighted by Gasteiger charge is 2.30. The van der Waals surface area contributed by atoms with Crippen LogP contribution in [0.1, 0.15) is 43.2 Å². The number of halogens is 2. The Balaban J connectivity index is 1.78. The zero-order valence-corrected chi connectivity index (χ0v) is 16.3. The summed E-state index contributed by atoms with van der Waals surface area (Å²) in [6.07, 6.45) is 5.14. The molecule has 1 fully saturated rings. The third-order valence-corrected chi connectivity index (χ3v) is 6.24. The molecule has 1 atom stereocenters. The van der Waals surface area contributed by atoms with E-state index in [0.717, 1.165) is 59.9 Å². The highest BCUT2D eigenvalue weighted by atomic mass is 32.1. The van der Waals surface area contributed by atoms with Gasteiger partial charge in [-0.05, 0) is 30.5 Å². The van der Waals surface area contributed by atoms with Crippen molar-refractivity contribution in [1.29, 1.82) is 0 Å². The molecule has 0 amide bonds. The lowest BCUT2D eigenvalue weighted by molar-refractivity contribution is -0.122. The maximum atomic E-state index is 13.7. The van der Waals surface area contributed by atoms with Gasteiger partial charge in [0, 0.05) is 0 Å². The van der Waals surface area contributed by atoms with Crippen molar-refractivity contribution in [2.24, 2.45) is 5.92 Å². The second-order valence-corrected chi connectivity index (χ2v) is 8.46. The molecule has 2 aromatic heterocycles. The lowest BCUT2D eigenvalue weighted by atomic mass is 9.94. The summed E-state index contributed by atoms with van der Waals surface area (Å²) in [5, 5.41) is -0.203. The molecule has 4 rings (SSSR count). The molecule has 3 aromatic rings. The standard InChI is InChI=1S/C20H19F2N3O3S/c21-12-5-6-14-13(8-12)19(27)25(20(28)24-14)15(7-11-3-1-2-4-11)16(26)9-18-23-10-17(22)29-18/h5-6,8,10-11,15H,1-4,7,9H2,(H,24,28). The van der Waals surface area contributed by atoms with Gasteiger partial charge in [-0.2, -0.15) is 4.39 Å². The van der Waals surface area contributed by atoms with Gasteiger partial charge in [0.2, 0.25) is 0 Å². The second-order valence-electron chi connectivity index (χ2n) is 7.40. The topological polar surface area (TPSA) is 84.8 Å². The van der Waals surface area contributed by atoms with E-state index in [4.69, 9.17) is 0 Å². The van der Waals surface area contributed by atoms with E-state index in [-0.39, 0.29) is 29.0 Å². The Hall–Kier alpha value is -2.68. The number of benzene rings is 1. The highest BCUT2D eigenvalue weighted by molar-refractivity contribution is 7.10. The summed E-state index contributed by atoms with van der Waals surface area (Å²) in [7, 11) is 0. The van der Waals surface area contributed by atoms with Crippen molar-refractivity contribution >= 4 is 28.0 Å². The summed E-state index contributed by atoms with van der Waals surface area (Å²) in [6.45, 7) is 0. The van der Waals surface area contributed by atoms with Crippen LogP contribution in [0.15, 0.2) is 34.0 Å². The van der Waals surface area contributed by atoms with Gasteiger partial charge in [-0.3, -0.25) is 9.59 Å². The Morgan fingerprint density at radius 3 is 2.72 bits per heavy atom. The first-order chi connectivity index (χ1) is 13.9. The molecule has 2 heterocycles. The van der Waals surface area contributed by atoms with Gasteiger partial charge in [-0.25, -0.2) is 18.7 Å². The van der Waals surface area contributed by atoms with Crippen LogP contribution in [0.4, 0.5) is 8.78 Å². The van der Waals surface area contributed by atoms with E-state index in [1.54, 1.807) is 0 Å². The number of nitrogens with one attached hydrogen (secondary N) is 1. The van der Waals surface area contributed by atoms with Gasteiger partial charge in [0.25, 0.3) is 5.56 Å². The number of aromatic nitrogens is 3. The number of fused-ring (bicyclic) bond motifs is 1. The maximum Gasteiger partial charge on any atom is 0.329 e. The Morgan fingerprint density at radius 1 is 1.28 bits per heavy atom. The number of hydrogen-bond donors (Lipinski definition) is 1. The molecule has 152 valence electrons. The molecule has 1 aliphatic rings. The Morgan fingerprint density at radius 2 is 2.03 bits per heavy atom. The number of Topliss-reactive ketones (excluding diaryl/α,β-unsaturated/α-hetero) is 1. The Labute approximate surface area is 168 Å². The van der Waals surface area contributed by atoms with Crippen molar-refractivity contribution in [3.63, 3.8) is 0 Å². The van der Waals surface area contributed by atoms with Crippen molar-refractivity contribution in [3.05, 3.63) is 61.2 Å². The molecule has 1 N–H and O–H groups in total. The molecule has 1 unspecified atom stereocenters. The second kappa shape index (κ2) is 7.98. The zero-order valence-electron chi connectivity index (χ0n) is 15.5. The number of aromatic amines is 1. The maximum absolute atomic E-state index is 13.7. The van der Waals surface area contributed by atoms with Gasteiger partial charge in [0.1, 0.15) is 16.9 Å².